The Balaban J connectivity index is 0.000000318. The number of halogens is 3. The van der Waals surface area contributed by atoms with Crippen molar-refractivity contribution in [3.05, 3.63) is 29.8 Å². The maximum absolute atomic E-state index is 11.9. The van der Waals surface area contributed by atoms with Crippen LogP contribution in [0.2, 0.25) is 0 Å². The Morgan fingerprint density at radius 1 is 1.07 bits per heavy atom. The maximum Gasteiger partial charge on any atom is 0.490 e. The molecule has 8 heteroatoms. The van der Waals surface area contributed by atoms with Crippen molar-refractivity contribution in [2.75, 3.05) is 24.5 Å². The van der Waals surface area contributed by atoms with Crippen molar-refractivity contribution >= 4 is 17.4 Å². The second-order valence-corrected chi connectivity index (χ2v) is 8.50. The summed E-state index contributed by atoms with van der Waals surface area (Å²) in [5, 5.41) is 7.12. The first-order chi connectivity index (χ1) is 14.1. The number of Topliss-reactive ketones (excluding diaryl/α,β-unsaturated/α-hetero) is 1. The van der Waals surface area contributed by atoms with Crippen LogP contribution in [-0.2, 0) is 16.0 Å². The van der Waals surface area contributed by atoms with Gasteiger partial charge in [0, 0.05) is 43.2 Å². The van der Waals surface area contributed by atoms with Crippen molar-refractivity contribution in [3.63, 3.8) is 0 Å². The van der Waals surface area contributed by atoms with Gasteiger partial charge in [0.1, 0.15) is 5.78 Å². The van der Waals surface area contributed by atoms with Crippen molar-refractivity contribution in [2.24, 2.45) is 5.92 Å². The molecule has 0 aromatic heterocycles. The third-order valence-corrected chi connectivity index (χ3v) is 6.19. The predicted octanol–water partition coefficient (Wildman–Crippen LogP) is 3.90. The van der Waals surface area contributed by atoms with Crippen LogP contribution in [0.3, 0.4) is 0 Å². The van der Waals surface area contributed by atoms with E-state index in [2.05, 4.69) is 41.0 Å². The van der Waals surface area contributed by atoms with Gasteiger partial charge >= 0.3 is 12.1 Å². The summed E-state index contributed by atoms with van der Waals surface area (Å²) in [5.41, 5.74) is 2.50. The van der Waals surface area contributed by atoms with Crippen molar-refractivity contribution in [3.8, 4) is 0 Å². The lowest BCUT2D eigenvalue weighted by Crippen LogP contribution is -2.39. The summed E-state index contributed by atoms with van der Waals surface area (Å²) in [5.74, 6) is -1.95. The molecule has 30 heavy (non-hydrogen) atoms. The number of likely N-dealkylation sites (tertiary alicyclic amines) is 1. The van der Waals surface area contributed by atoms with Gasteiger partial charge < -0.3 is 10.0 Å². The SMILES string of the molecule is CC1CCCN1C1CCN(c2ccc(CC(=O)C3CC3)cc2)C1.O=C(O)C(F)(F)F. The Labute approximate surface area is 174 Å². The van der Waals surface area contributed by atoms with Crippen molar-refractivity contribution in [1.29, 1.82) is 0 Å². The lowest BCUT2D eigenvalue weighted by molar-refractivity contribution is -0.192. The monoisotopic (exact) mass is 426 g/mol. The molecule has 0 amide bonds. The maximum atomic E-state index is 11.9. The lowest BCUT2D eigenvalue weighted by Gasteiger charge is -2.28. The van der Waals surface area contributed by atoms with Crippen LogP contribution in [0, 0.1) is 5.92 Å². The number of carboxylic acid groups (broad SMARTS) is 1. The quantitative estimate of drug-likeness (QED) is 0.774. The van der Waals surface area contributed by atoms with Gasteiger partial charge in [0.05, 0.1) is 0 Å². The number of hydrogen-bond acceptors (Lipinski definition) is 4. The number of carbonyl (C=O) groups excluding carboxylic acids is 1. The normalized spacial score (nSPS) is 24.5. The van der Waals surface area contributed by atoms with Gasteiger partial charge in [0.25, 0.3) is 0 Å². The first kappa shape index (κ1) is 22.6. The lowest BCUT2D eigenvalue weighted by atomic mass is 10.1. The highest BCUT2D eigenvalue weighted by Crippen LogP contribution is 2.32. The summed E-state index contributed by atoms with van der Waals surface area (Å²) in [6.07, 6.45) is 1.77. The van der Waals surface area contributed by atoms with Gasteiger partial charge in [-0.2, -0.15) is 13.2 Å². The molecule has 0 radical (unpaired) electrons. The number of carbonyl (C=O) groups is 2. The van der Waals surface area contributed by atoms with E-state index < -0.39 is 12.1 Å². The predicted molar refractivity (Wildman–Crippen MR) is 108 cm³/mol. The highest BCUT2D eigenvalue weighted by molar-refractivity contribution is 5.85. The van der Waals surface area contributed by atoms with Crippen LogP contribution in [0.15, 0.2) is 24.3 Å². The number of hydrogen-bond donors (Lipinski definition) is 1. The molecule has 2 heterocycles. The zero-order chi connectivity index (χ0) is 21.9. The minimum Gasteiger partial charge on any atom is -0.475 e. The topological polar surface area (TPSA) is 60.9 Å². The molecule has 5 nitrogen and oxygen atoms in total. The summed E-state index contributed by atoms with van der Waals surface area (Å²) < 4.78 is 31.7. The first-order valence-electron chi connectivity index (χ1n) is 10.6. The number of benzene rings is 1. The van der Waals surface area contributed by atoms with Crippen molar-refractivity contribution < 1.29 is 27.9 Å². The van der Waals surface area contributed by atoms with Crippen LogP contribution in [-0.4, -0.2) is 59.7 Å². The van der Waals surface area contributed by atoms with Gasteiger partial charge in [-0.1, -0.05) is 12.1 Å². The van der Waals surface area contributed by atoms with Gasteiger partial charge in [-0.25, -0.2) is 4.79 Å². The summed E-state index contributed by atoms with van der Waals surface area (Å²) in [7, 11) is 0. The second-order valence-electron chi connectivity index (χ2n) is 8.50. The third kappa shape index (κ3) is 5.97. The van der Waals surface area contributed by atoms with Crippen molar-refractivity contribution in [1.82, 2.24) is 4.90 Å². The second kappa shape index (κ2) is 9.37. The molecular formula is C22H29F3N2O3. The Morgan fingerprint density at radius 2 is 1.70 bits per heavy atom. The fourth-order valence-corrected chi connectivity index (χ4v) is 4.32. The first-order valence-corrected chi connectivity index (χ1v) is 10.6. The molecule has 1 saturated carbocycles. The van der Waals surface area contributed by atoms with Gasteiger partial charge in [0.15, 0.2) is 0 Å². The van der Waals surface area contributed by atoms with Crippen LogP contribution in [0.5, 0.6) is 0 Å². The highest BCUT2D eigenvalue weighted by Gasteiger charge is 2.38. The largest absolute Gasteiger partial charge is 0.490 e. The standard InChI is InChI=1S/C20H28N2O.C2HF3O2/c1-15-3-2-11-22(15)19-10-12-21(14-19)18-8-4-16(5-9-18)13-20(23)17-6-7-17;3-2(4,5)1(6)7/h4-5,8-9,15,17,19H,2-3,6-7,10-14H2,1H3;(H,6,7). The summed E-state index contributed by atoms with van der Waals surface area (Å²) in [6.45, 7) is 5.97. The third-order valence-electron chi connectivity index (χ3n) is 6.19. The van der Waals surface area contributed by atoms with Crippen LogP contribution in [0.1, 0.15) is 44.6 Å². The van der Waals surface area contributed by atoms with Gasteiger partial charge in [-0.3, -0.25) is 9.69 Å². The fourth-order valence-electron chi connectivity index (χ4n) is 4.32. The molecule has 166 valence electrons. The number of nitrogens with zero attached hydrogens (tertiary/aromatic N) is 2. The fraction of sp³-hybridized carbons (Fsp3) is 0.636. The average Bonchev–Trinajstić information content (AvgIpc) is 3.28. The molecule has 3 fully saturated rings. The molecule has 2 aliphatic heterocycles. The van der Waals surface area contributed by atoms with E-state index in [1.54, 1.807) is 0 Å². The summed E-state index contributed by atoms with van der Waals surface area (Å²) in [6, 6.07) is 10.2. The van der Waals surface area contributed by atoms with Crippen LogP contribution < -0.4 is 4.90 Å². The molecule has 1 aliphatic carbocycles. The molecule has 0 bridgehead atoms. The molecule has 2 unspecified atom stereocenters. The van der Waals surface area contributed by atoms with E-state index >= 15 is 0 Å². The molecule has 4 rings (SSSR count). The Hall–Kier alpha value is -2.09. The number of rotatable bonds is 5. The Bertz CT molecular complexity index is 747. The zero-order valence-corrected chi connectivity index (χ0v) is 17.2. The minimum atomic E-state index is -5.08. The van der Waals surface area contributed by atoms with Gasteiger partial charge in [-0.05, 0) is 63.3 Å². The molecular weight excluding hydrogens is 397 g/mol. The Morgan fingerprint density at radius 3 is 2.20 bits per heavy atom. The number of alkyl halides is 3. The summed E-state index contributed by atoms with van der Waals surface area (Å²) >= 11 is 0. The molecule has 1 N–H and O–H groups in total. The molecule has 1 aromatic rings. The van der Waals surface area contributed by atoms with E-state index in [0.717, 1.165) is 38.0 Å². The van der Waals surface area contributed by atoms with Crippen molar-refractivity contribution in [2.45, 2.75) is 63.7 Å². The molecule has 2 atom stereocenters. The van der Waals surface area contributed by atoms with Gasteiger partial charge in [0.2, 0.25) is 0 Å². The van der Waals surface area contributed by atoms with E-state index in [1.165, 1.54) is 37.1 Å². The highest BCUT2D eigenvalue weighted by atomic mass is 19.4. The number of aliphatic carboxylic acids is 1. The number of carboxylic acids is 1. The van der Waals surface area contributed by atoms with Gasteiger partial charge in [-0.15, -0.1) is 0 Å². The smallest absolute Gasteiger partial charge is 0.475 e. The molecule has 1 aromatic carbocycles. The Kier molecular flexibility index (Phi) is 7.06. The van der Waals surface area contributed by atoms with E-state index in [4.69, 9.17) is 9.90 Å². The molecule has 0 spiro atoms. The van der Waals surface area contributed by atoms with E-state index in [9.17, 15) is 18.0 Å². The van der Waals surface area contributed by atoms with E-state index in [-0.39, 0.29) is 0 Å². The van der Waals surface area contributed by atoms with Crippen LogP contribution >= 0.6 is 0 Å². The number of anilines is 1. The van der Waals surface area contributed by atoms with Crippen LogP contribution in [0.25, 0.3) is 0 Å². The average molecular weight is 426 g/mol. The molecule has 3 aliphatic rings. The zero-order valence-electron chi connectivity index (χ0n) is 17.2. The minimum absolute atomic E-state index is 0.372. The van der Waals surface area contributed by atoms with E-state index in [1.807, 2.05) is 0 Å². The molecule has 2 saturated heterocycles. The van der Waals surface area contributed by atoms with Crippen LogP contribution in [0.4, 0.5) is 18.9 Å². The summed E-state index contributed by atoms with van der Waals surface area (Å²) in [4.78, 5) is 26.0. The number of ketones is 1. The van der Waals surface area contributed by atoms with E-state index in [0.29, 0.717) is 18.1 Å².